The van der Waals surface area contributed by atoms with Crippen molar-refractivity contribution in [2.75, 3.05) is 25.6 Å². The molecule has 0 aliphatic rings. The molecule has 1 aromatic rings. The van der Waals surface area contributed by atoms with Crippen LogP contribution in [0.4, 0.5) is 5.69 Å². The maximum atomic E-state index is 12.1. The van der Waals surface area contributed by atoms with Crippen molar-refractivity contribution in [2.45, 2.75) is 38.8 Å². The number of hydrogen-bond acceptors (Lipinski definition) is 5. The van der Waals surface area contributed by atoms with Crippen LogP contribution in [0.15, 0.2) is 11.0 Å². The maximum absolute atomic E-state index is 12.1. The molecule has 114 valence electrons. The van der Waals surface area contributed by atoms with Crippen molar-refractivity contribution in [1.82, 2.24) is 9.78 Å². The van der Waals surface area contributed by atoms with Gasteiger partial charge in [-0.25, -0.2) is 4.68 Å². The minimum atomic E-state index is -0.490. The molecule has 2 N–H and O–H groups in total. The van der Waals surface area contributed by atoms with Crippen molar-refractivity contribution in [1.29, 1.82) is 0 Å². The number of nitrogens with one attached hydrogen (secondary N) is 1. The maximum Gasteiger partial charge on any atom is 0.287 e. The summed E-state index contributed by atoms with van der Waals surface area (Å²) in [5.74, 6) is 0. The largest absolute Gasteiger partial charge is 0.394 e. The highest BCUT2D eigenvalue weighted by atomic mass is 35.5. The van der Waals surface area contributed by atoms with Gasteiger partial charge in [0.05, 0.1) is 37.2 Å². The molecule has 0 spiro atoms. The van der Waals surface area contributed by atoms with Crippen molar-refractivity contribution in [3.05, 3.63) is 21.6 Å². The third-order valence-corrected chi connectivity index (χ3v) is 3.91. The lowest BCUT2D eigenvalue weighted by atomic mass is 9.93. The second kappa shape index (κ2) is 7.61. The molecule has 1 heterocycles. The Balaban J connectivity index is 3.03. The molecule has 0 amide bonds. The summed E-state index contributed by atoms with van der Waals surface area (Å²) in [5, 5.41) is 16.8. The zero-order valence-electron chi connectivity index (χ0n) is 12.1. The van der Waals surface area contributed by atoms with E-state index in [-0.39, 0.29) is 17.2 Å². The van der Waals surface area contributed by atoms with Gasteiger partial charge in [0.1, 0.15) is 5.02 Å². The lowest BCUT2D eigenvalue weighted by Gasteiger charge is -2.32. The van der Waals surface area contributed by atoms with Crippen molar-refractivity contribution >= 4 is 17.3 Å². The smallest absolute Gasteiger partial charge is 0.287 e. The number of hydrogen-bond donors (Lipinski definition) is 2. The first-order valence-corrected chi connectivity index (χ1v) is 7.05. The molecule has 1 aromatic heterocycles. The average Bonchev–Trinajstić information content (AvgIpc) is 2.48. The Morgan fingerprint density at radius 1 is 1.50 bits per heavy atom. The fourth-order valence-electron chi connectivity index (χ4n) is 1.86. The van der Waals surface area contributed by atoms with Crippen molar-refractivity contribution in [2.24, 2.45) is 0 Å². The van der Waals surface area contributed by atoms with E-state index in [2.05, 4.69) is 10.4 Å². The molecule has 0 bridgehead atoms. The number of methoxy groups -OCH3 is 1. The summed E-state index contributed by atoms with van der Waals surface area (Å²) in [5.41, 5.74) is -0.410. The van der Waals surface area contributed by atoms with Gasteiger partial charge < -0.3 is 15.2 Å². The van der Waals surface area contributed by atoms with E-state index in [0.717, 1.165) is 0 Å². The molecule has 0 aromatic carbocycles. The minimum absolute atomic E-state index is 0.0386. The first kappa shape index (κ1) is 16.9. The third kappa shape index (κ3) is 3.71. The zero-order valence-corrected chi connectivity index (χ0v) is 12.9. The fourth-order valence-corrected chi connectivity index (χ4v) is 2.06. The minimum Gasteiger partial charge on any atom is -0.394 e. The predicted octanol–water partition coefficient (Wildman–Crippen LogP) is 1.51. The van der Waals surface area contributed by atoms with Crippen LogP contribution in [0.5, 0.6) is 0 Å². The molecule has 20 heavy (non-hydrogen) atoms. The predicted molar refractivity (Wildman–Crippen MR) is 79.4 cm³/mol. The van der Waals surface area contributed by atoms with E-state index in [1.807, 2.05) is 13.8 Å². The number of anilines is 1. The van der Waals surface area contributed by atoms with E-state index in [4.69, 9.17) is 16.3 Å². The van der Waals surface area contributed by atoms with Gasteiger partial charge in [-0.2, -0.15) is 5.10 Å². The molecule has 0 aliphatic heterocycles. The van der Waals surface area contributed by atoms with Gasteiger partial charge in [0.15, 0.2) is 0 Å². The lowest BCUT2D eigenvalue weighted by molar-refractivity contribution is 0.182. The number of aromatic nitrogens is 2. The van der Waals surface area contributed by atoms with Crippen LogP contribution in [0, 0.1) is 0 Å². The van der Waals surface area contributed by atoms with E-state index < -0.39 is 5.54 Å². The lowest BCUT2D eigenvalue weighted by Crippen LogP contribution is -2.41. The van der Waals surface area contributed by atoms with Crippen LogP contribution in [-0.2, 0) is 11.3 Å². The standard InChI is InChI=1S/C13H22ClN3O3/c1-4-13(5-2,9-18)16-10-8-15-17(6-7-20-3)12(19)11(10)14/h8,16,18H,4-7,9H2,1-3H3. The molecule has 0 radical (unpaired) electrons. The first-order valence-electron chi connectivity index (χ1n) is 6.67. The molecular weight excluding hydrogens is 282 g/mol. The Labute approximate surface area is 123 Å². The molecule has 6 nitrogen and oxygen atoms in total. The van der Waals surface area contributed by atoms with Crippen LogP contribution in [-0.4, -0.2) is 40.7 Å². The van der Waals surface area contributed by atoms with Crippen LogP contribution in [0.3, 0.4) is 0 Å². The average molecular weight is 304 g/mol. The summed E-state index contributed by atoms with van der Waals surface area (Å²) in [7, 11) is 1.56. The highest BCUT2D eigenvalue weighted by molar-refractivity contribution is 6.32. The third-order valence-electron chi connectivity index (χ3n) is 3.55. The summed E-state index contributed by atoms with van der Waals surface area (Å²) in [4.78, 5) is 12.1. The second-order valence-electron chi connectivity index (χ2n) is 4.66. The van der Waals surface area contributed by atoms with E-state index in [1.165, 1.54) is 10.9 Å². The molecule has 1 rings (SSSR count). The Bertz CT molecular complexity index is 478. The van der Waals surface area contributed by atoms with Gasteiger partial charge in [0.2, 0.25) is 0 Å². The molecule has 0 saturated heterocycles. The molecule has 0 atom stereocenters. The van der Waals surface area contributed by atoms with Gasteiger partial charge in [-0.05, 0) is 12.8 Å². The number of rotatable bonds is 8. The van der Waals surface area contributed by atoms with Crippen LogP contribution in [0.1, 0.15) is 26.7 Å². The molecule has 0 unspecified atom stereocenters. The first-order chi connectivity index (χ1) is 9.53. The summed E-state index contributed by atoms with van der Waals surface area (Å²) >= 11 is 6.10. The van der Waals surface area contributed by atoms with Crippen molar-refractivity contribution in [3.63, 3.8) is 0 Å². The van der Waals surface area contributed by atoms with E-state index in [0.29, 0.717) is 31.7 Å². The molecular formula is C13H22ClN3O3. The topological polar surface area (TPSA) is 76.4 Å². The van der Waals surface area contributed by atoms with Gasteiger partial charge in [0.25, 0.3) is 5.56 Å². The van der Waals surface area contributed by atoms with E-state index in [9.17, 15) is 9.90 Å². The second-order valence-corrected chi connectivity index (χ2v) is 5.04. The Morgan fingerprint density at radius 3 is 2.65 bits per heavy atom. The quantitative estimate of drug-likeness (QED) is 0.761. The molecule has 0 saturated carbocycles. The number of aliphatic hydroxyl groups excluding tert-OH is 1. The Morgan fingerprint density at radius 2 is 2.15 bits per heavy atom. The van der Waals surface area contributed by atoms with Crippen LogP contribution in [0.25, 0.3) is 0 Å². The van der Waals surface area contributed by atoms with Crippen LogP contribution >= 0.6 is 11.6 Å². The number of aliphatic hydroxyl groups is 1. The van der Waals surface area contributed by atoms with E-state index >= 15 is 0 Å². The van der Waals surface area contributed by atoms with Crippen LogP contribution < -0.4 is 10.9 Å². The normalized spacial score (nSPS) is 11.7. The molecule has 0 fully saturated rings. The Hall–Kier alpha value is -1.11. The van der Waals surface area contributed by atoms with Crippen LogP contribution in [0.2, 0.25) is 5.02 Å². The highest BCUT2D eigenvalue weighted by Crippen LogP contribution is 2.24. The number of nitrogens with zero attached hydrogens (tertiary/aromatic N) is 2. The highest BCUT2D eigenvalue weighted by Gasteiger charge is 2.26. The Kier molecular flexibility index (Phi) is 6.45. The fraction of sp³-hybridized carbons (Fsp3) is 0.692. The molecule has 0 aliphatic carbocycles. The number of halogens is 1. The SMILES string of the molecule is CCC(CC)(CO)Nc1cnn(CCOC)c(=O)c1Cl. The van der Waals surface area contributed by atoms with Gasteiger partial charge >= 0.3 is 0 Å². The van der Waals surface area contributed by atoms with E-state index in [1.54, 1.807) is 7.11 Å². The zero-order chi connectivity index (χ0) is 15.2. The van der Waals surface area contributed by atoms with Gasteiger partial charge in [-0.3, -0.25) is 4.79 Å². The summed E-state index contributed by atoms with van der Waals surface area (Å²) in [6.07, 6.45) is 2.93. The summed E-state index contributed by atoms with van der Waals surface area (Å²) < 4.78 is 6.17. The summed E-state index contributed by atoms with van der Waals surface area (Å²) in [6, 6.07) is 0. The summed E-state index contributed by atoms with van der Waals surface area (Å²) in [6.45, 7) is 4.63. The molecule has 7 heteroatoms. The van der Waals surface area contributed by atoms with Gasteiger partial charge in [0, 0.05) is 7.11 Å². The monoisotopic (exact) mass is 303 g/mol. The van der Waals surface area contributed by atoms with Gasteiger partial charge in [-0.15, -0.1) is 0 Å². The number of ether oxygens (including phenoxy) is 1. The van der Waals surface area contributed by atoms with Gasteiger partial charge in [-0.1, -0.05) is 25.4 Å². The van der Waals surface area contributed by atoms with Crippen molar-refractivity contribution in [3.8, 4) is 0 Å². The van der Waals surface area contributed by atoms with Crippen molar-refractivity contribution < 1.29 is 9.84 Å².